The molecule has 2 aromatic carbocycles. The Bertz CT molecular complexity index is 1090. The molecule has 1 saturated carbocycles. The maximum atomic E-state index is 13.7. The monoisotopic (exact) mass is 521 g/mol. The van der Waals surface area contributed by atoms with Gasteiger partial charge in [-0.25, -0.2) is 0 Å². The molecule has 2 unspecified atom stereocenters. The zero-order chi connectivity index (χ0) is 27.3. The van der Waals surface area contributed by atoms with Crippen LogP contribution in [-0.2, 0) is 4.79 Å². The lowest BCUT2D eigenvalue weighted by molar-refractivity contribution is -0.134. The van der Waals surface area contributed by atoms with Gasteiger partial charge in [-0.2, -0.15) is 0 Å². The summed E-state index contributed by atoms with van der Waals surface area (Å²) in [5, 5.41) is 6.60. The molecule has 1 saturated heterocycles. The van der Waals surface area contributed by atoms with Crippen LogP contribution in [-0.4, -0.2) is 54.1 Å². The molecule has 0 aromatic heterocycles. The van der Waals surface area contributed by atoms with E-state index >= 15 is 0 Å². The molecule has 1 aliphatic heterocycles. The highest BCUT2D eigenvalue weighted by molar-refractivity contribution is 6.00. The van der Waals surface area contributed by atoms with E-state index in [4.69, 9.17) is 9.47 Å². The van der Waals surface area contributed by atoms with Gasteiger partial charge in [0.25, 0.3) is 5.91 Å². The number of rotatable bonds is 10. The Morgan fingerprint density at radius 2 is 1.74 bits per heavy atom. The van der Waals surface area contributed by atoms with Crippen molar-refractivity contribution in [3.63, 3.8) is 0 Å². The topological polar surface area (TPSA) is 79.9 Å². The molecule has 2 aromatic rings. The van der Waals surface area contributed by atoms with Gasteiger partial charge < -0.3 is 25.0 Å². The minimum Gasteiger partial charge on any atom is -0.493 e. The van der Waals surface area contributed by atoms with Gasteiger partial charge in [0, 0.05) is 36.8 Å². The number of nitrogens with zero attached hydrogens (tertiary/aromatic N) is 1. The Kier molecular flexibility index (Phi) is 8.54. The predicted octanol–water partition coefficient (Wildman–Crippen LogP) is 5.51. The maximum Gasteiger partial charge on any atom is 0.252 e. The van der Waals surface area contributed by atoms with E-state index in [0.717, 1.165) is 36.4 Å². The van der Waals surface area contributed by atoms with Crippen LogP contribution in [0.4, 0.5) is 5.69 Å². The van der Waals surface area contributed by atoms with Gasteiger partial charge in [-0.15, -0.1) is 0 Å². The first-order chi connectivity index (χ1) is 18.1. The van der Waals surface area contributed by atoms with Crippen molar-refractivity contribution in [3.8, 4) is 11.5 Å². The number of nitrogens with one attached hydrogen (secondary N) is 2. The highest BCUT2D eigenvalue weighted by Gasteiger charge is 2.55. The Labute approximate surface area is 227 Å². The molecule has 2 amide bonds. The van der Waals surface area contributed by atoms with Crippen molar-refractivity contribution >= 4 is 17.5 Å². The van der Waals surface area contributed by atoms with Gasteiger partial charge in [0.1, 0.15) is 22.6 Å². The molecule has 7 nitrogen and oxygen atoms in total. The molecule has 2 fully saturated rings. The minimum absolute atomic E-state index is 0.0440. The van der Waals surface area contributed by atoms with Crippen LogP contribution in [0.15, 0.2) is 48.5 Å². The normalized spacial score (nSPS) is 21.3. The molecule has 0 spiro atoms. The fourth-order valence-corrected chi connectivity index (χ4v) is 5.39. The molecule has 4 rings (SSSR count). The highest BCUT2D eigenvalue weighted by Crippen LogP contribution is 2.41. The summed E-state index contributed by atoms with van der Waals surface area (Å²) in [4.78, 5) is 28.9. The Balaban J connectivity index is 1.35. The molecule has 1 aliphatic carbocycles. The largest absolute Gasteiger partial charge is 0.493 e. The second-order valence-electron chi connectivity index (χ2n) is 12.0. The summed E-state index contributed by atoms with van der Waals surface area (Å²) in [7, 11) is 0. The lowest BCUT2D eigenvalue weighted by Crippen LogP contribution is -2.58. The standard InChI is InChI=1S/C31H43N3O4/c1-22(2)21-37-26-15-11-25(12-16-26)32-18-19-34-20-24-8-6-7-17-31(24,29(34)36)33-28(35)23-9-13-27(14-10-23)38-30(3,4)5/h9-16,22,24,32H,6-8,17-21H2,1-5H3,(H,33,35). The number of likely N-dealkylation sites (tertiary alicyclic amines) is 1. The van der Waals surface area contributed by atoms with Gasteiger partial charge in [-0.1, -0.05) is 26.7 Å². The van der Waals surface area contributed by atoms with Crippen molar-refractivity contribution in [2.75, 3.05) is 31.6 Å². The van der Waals surface area contributed by atoms with E-state index in [2.05, 4.69) is 24.5 Å². The zero-order valence-corrected chi connectivity index (χ0v) is 23.5. The van der Waals surface area contributed by atoms with Gasteiger partial charge in [0.15, 0.2) is 0 Å². The predicted molar refractivity (Wildman–Crippen MR) is 151 cm³/mol. The molecule has 1 heterocycles. The van der Waals surface area contributed by atoms with E-state index in [1.807, 2.05) is 62.1 Å². The van der Waals surface area contributed by atoms with E-state index in [1.165, 1.54) is 0 Å². The van der Waals surface area contributed by atoms with Gasteiger partial charge >= 0.3 is 0 Å². The Morgan fingerprint density at radius 1 is 1.05 bits per heavy atom. The van der Waals surface area contributed by atoms with Gasteiger partial charge in [-0.3, -0.25) is 9.59 Å². The van der Waals surface area contributed by atoms with Crippen LogP contribution >= 0.6 is 0 Å². The lowest BCUT2D eigenvalue weighted by Gasteiger charge is -2.37. The molecule has 0 bridgehead atoms. The fraction of sp³-hybridized carbons (Fsp3) is 0.548. The second kappa shape index (κ2) is 11.7. The van der Waals surface area contributed by atoms with E-state index < -0.39 is 5.54 Å². The number of ether oxygens (including phenoxy) is 2. The van der Waals surface area contributed by atoms with E-state index in [9.17, 15) is 9.59 Å². The molecule has 2 aliphatic rings. The third kappa shape index (κ3) is 6.80. The summed E-state index contributed by atoms with van der Waals surface area (Å²) < 4.78 is 11.6. The van der Waals surface area contributed by atoms with Crippen LogP contribution < -0.4 is 20.1 Å². The van der Waals surface area contributed by atoms with E-state index in [0.29, 0.717) is 44.1 Å². The summed E-state index contributed by atoms with van der Waals surface area (Å²) in [5.41, 5.74) is 0.412. The van der Waals surface area contributed by atoms with Crippen molar-refractivity contribution in [2.45, 2.75) is 71.4 Å². The maximum absolute atomic E-state index is 13.7. The quantitative estimate of drug-likeness (QED) is 0.431. The van der Waals surface area contributed by atoms with E-state index in [-0.39, 0.29) is 23.3 Å². The zero-order valence-electron chi connectivity index (χ0n) is 23.5. The summed E-state index contributed by atoms with van der Waals surface area (Å²) >= 11 is 0. The average Bonchev–Trinajstić information content (AvgIpc) is 3.14. The lowest BCUT2D eigenvalue weighted by atomic mass is 9.74. The Hall–Kier alpha value is -3.22. The van der Waals surface area contributed by atoms with Crippen LogP contribution in [0.5, 0.6) is 11.5 Å². The first-order valence-corrected chi connectivity index (χ1v) is 13.9. The van der Waals surface area contributed by atoms with Crippen molar-refractivity contribution in [1.29, 1.82) is 0 Å². The van der Waals surface area contributed by atoms with Crippen LogP contribution in [0.3, 0.4) is 0 Å². The average molecular weight is 522 g/mol. The van der Waals surface area contributed by atoms with Crippen molar-refractivity contribution < 1.29 is 19.1 Å². The summed E-state index contributed by atoms with van der Waals surface area (Å²) in [6.45, 7) is 12.8. The number of amides is 2. The minimum atomic E-state index is -0.814. The first kappa shape index (κ1) is 27.8. The number of hydrogen-bond acceptors (Lipinski definition) is 5. The summed E-state index contributed by atoms with van der Waals surface area (Å²) in [5.74, 6) is 2.03. The number of anilines is 1. The van der Waals surface area contributed by atoms with Gasteiger partial charge in [0.2, 0.25) is 5.91 Å². The number of fused-ring (bicyclic) bond motifs is 1. The molecule has 7 heteroatoms. The number of carbonyl (C=O) groups is 2. The van der Waals surface area contributed by atoms with Crippen molar-refractivity contribution in [2.24, 2.45) is 11.8 Å². The Morgan fingerprint density at radius 3 is 2.39 bits per heavy atom. The van der Waals surface area contributed by atoms with Crippen LogP contribution in [0.1, 0.15) is 70.7 Å². The second-order valence-corrected chi connectivity index (χ2v) is 12.0. The third-order valence-corrected chi connectivity index (χ3v) is 7.21. The number of benzene rings is 2. The van der Waals surface area contributed by atoms with Crippen molar-refractivity contribution in [1.82, 2.24) is 10.2 Å². The SMILES string of the molecule is CC(C)COc1ccc(NCCN2CC3CCCCC3(NC(=O)c3ccc(OC(C)(C)C)cc3)C2=O)cc1. The molecule has 0 radical (unpaired) electrons. The van der Waals surface area contributed by atoms with Gasteiger partial charge in [-0.05, 0) is 88.1 Å². The van der Waals surface area contributed by atoms with Crippen LogP contribution in [0, 0.1) is 11.8 Å². The third-order valence-electron chi connectivity index (χ3n) is 7.21. The molecular formula is C31H43N3O4. The van der Waals surface area contributed by atoms with E-state index in [1.54, 1.807) is 12.1 Å². The van der Waals surface area contributed by atoms with Crippen molar-refractivity contribution in [3.05, 3.63) is 54.1 Å². The van der Waals surface area contributed by atoms with Crippen LogP contribution in [0.25, 0.3) is 0 Å². The first-order valence-electron chi connectivity index (χ1n) is 13.9. The summed E-state index contributed by atoms with van der Waals surface area (Å²) in [6, 6.07) is 15.1. The highest BCUT2D eigenvalue weighted by atomic mass is 16.5. The molecular weight excluding hydrogens is 478 g/mol. The molecule has 2 N–H and O–H groups in total. The molecule has 38 heavy (non-hydrogen) atoms. The molecule has 206 valence electrons. The smallest absolute Gasteiger partial charge is 0.252 e. The van der Waals surface area contributed by atoms with Gasteiger partial charge in [0.05, 0.1) is 6.61 Å². The fourth-order valence-electron chi connectivity index (χ4n) is 5.39. The summed E-state index contributed by atoms with van der Waals surface area (Å²) in [6.07, 6.45) is 3.67. The van der Waals surface area contributed by atoms with Crippen LogP contribution in [0.2, 0.25) is 0 Å². The number of hydrogen-bond donors (Lipinski definition) is 2. The molecule has 2 atom stereocenters. The number of carbonyl (C=O) groups excluding carboxylic acids is 2.